The molecule has 1 aliphatic heterocycles. The molecule has 0 aliphatic carbocycles. The van der Waals surface area contributed by atoms with Crippen molar-refractivity contribution < 1.29 is 18.0 Å². The number of nitrogens with zero attached hydrogens (tertiary/aromatic N) is 4. The number of hydrogen-bond acceptors (Lipinski definition) is 4. The highest BCUT2D eigenvalue weighted by molar-refractivity contribution is 5.89. The van der Waals surface area contributed by atoms with E-state index in [0.29, 0.717) is 13.1 Å². The third-order valence-corrected chi connectivity index (χ3v) is 5.64. The lowest BCUT2D eigenvalue weighted by Gasteiger charge is -2.39. The van der Waals surface area contributed by atoms with Gasteiger partial charge in [-0.1, -0.05) is 6.07 Å². The molecular weight excluding hydrogens is 419 g/mol. The van der Waals surface area contributed by atoms with Crippen LogP contribution in [0.4, 0.5) is 23.7 Å². The molecule has 174 valence electrons. The van der Waals surface area contributed by atoms with E-state index < -0.39 is 11.7 Å². The van der Waals surface area contributed by atoms with Gasteiger partial charge in [0.2, 0.25) is 0 Å². The highest BCUT2D eigenvalue weighted by Crippen LogP contribution is 2.31. The second kappa shape index (κ2) is 10.8. The molecule has 0 spiro atoms. The number of halogens is 3. The first kappa shape index (κ1) is 24.0. The number of hydrogen-bond donors (Lipinski definition) is 1. The van der Waals surface area contributed by atoms with Crippen LogP contribution in [0.15, 0.2) is 48.8 Å². The van der Waals surface area contributed by atoms with E-state index in [2.05, 4.69) is 15.2 Å². The highest BCUT2D eigenvalue weighted by atomic mass is 19.4. The second-order valence-electron chi connectivity index (χ2n) is 8.37. The van der Waals surface area contributed by atoms with E-state index in [1.807, 2.05) is 31.1 Å². The SMILES string of the molecule is CN(C)CCN(C(=O)Nc1cccc(C(F)(F)F)c1)C1CCN(Cc2ccncc2)CC1. The number of aromatic nitrogens is 1. The summed E-state index contributed by atoms with van der Waals surface area (Å²) >= 11 is 0. The van der Waals surface area contributed by atoms with Crippen molar-refractivity contribution in [2.45, 2.75) is 31.6 Å². The number of alkyl halides is 3. The molecule has 1 aliphatic rings. The first-order valence-electron chi connectivity index (χ1n) is 10.7. The molecule has 2 aromatic rings. The molecular formula is C23H30F3N5O. The first-order chi connectivity index (χ1) is 15.2. The molecule has 1 N–H and O–H groups in total. The van der Waals surface area contributed by atoms with Crippen molar-refractivity contribution in [1.82, 2.24) is 19.7 Å². The fourth-order valence-corrected chi connectivity index (χ4v) is 3.86. The summed E-state index contributed by atoms with van der Waals surface area (Å²) in [6, 6.07) is 8.43. The van der Waals surface area contributed by atoms with Gasteiger partial charge in [-0.25, -0.2) is 4.79 Å². The van der Waals surface area contributed by atoms with Crippen molar-refractivity contribution in [2.24, 2.45) is 0 Å². The molecule has 0 saturated carbocycles. The van der Waals surface area contributed by atoms with Crippen LogP contribution in [-0.2, 0) is 12.7 Å². The number of carbonyl (C=O) groups is 1. The number of benzene rings is 1. The summed E-state index contributed by atoms with van der Waals surface area (Å²) in [5.41, 5.74) is 0.569. The van der Waals surface area contributed by atoms with Crippen LogP contribution in [0.5, 0.6) is 0 Å². The summed E-state index contributed by atoms with van der Waals surface area (Å²) in [5.74, 6) is 0. The Bertz CT molecular complexity index is 867. The fraction of sp³-hybridized carbons (Fsp3) is 0.478. The average molecular weight is 450 g/mol. The summed E-state index contributed by atoms with van der Waals surface area (Å²) in [7, 11) is 3.86. The van der Waals surface area contributed by atoms with E-state index in [1.165, 1.54) is 17.7 Å². The van der Waals surface area contributed by atoms with Crippen LogP contribution in [-0.4, -0.2) is 72.0 Å². The normalized spacial score (nSPS) is 15.7. The van der Waals surface area contributed by atoms with E-state index in [9.17, 15) is 18.0 Å². The van der Waals surface area contributed by atoms with Gasteiger partial charge >= 0.3 is 12.2 Å². The van der Waals surface area contributed by atoms with Crippen molar-refractivity contribution >= 4 is 11.7 Å². The minimum absolute atomic E-state index is 0.0365. The standard InChI is InChI=1S/C23H30F3N5O/c1-29(2)14-15-31(22(32)28-20-5-3-4-19(16-20)23(24,25)26)21-8-12-30(13-9-21)17-18-6-10-27-11-7-18/h3-7,10-11,16,21H,8-9,12-15,17H2,1-2H3,(H,28,32). The van der Waals surface area contributed by atoms with Crippen LogP contribution in [0.2, 0.25) is 0 Å². The molecule has 1 aromatic carbocycles. The molecule has 0 bridgehead atoms. The van der Waals surface area contributed by atoms with Gasteiger partial charge in [-0.15, -0.1) is 0 Å². The Morgan fingerprint density at radius 3 is 2.44 bits per heavy atom. The number of amides is 2. The maximum absolute atomic E-state index is 13.1. The lowest BCUT2D eigenvalue weighted by molar-refractivity contribution is -0.137. The lowest BCUT2D eigenvalue weighted by atomic mass is 10.0. The average Bonchev–Trinajstić information content (AvgIpc) is 2.75. The Hall–Kier alpha value is -2.65. The van der Waals surface area contributed by atoms with Crippen molar-refractivity contribution in [1.29, 1.82) is 0 Å². The lowest BCUT2D eigenvalue weighted by Crippen LogP contribution is -2.50. The Morgan fingerprint density at radius 1 is 1.12 bits per heavy atom. The van der Waals surface area contributed by atoms with Crippen LogP contribution in [0.3, 0.4) is 0 Å². The third kappa shape index (κ3) is 6.93. The van der Waals surface area contributed by atoms with Crippen LogP contribution < -0.4 is 5.32 Å². The molecule has 0 atom stereocenters. The zero-order chi connectivity index (χ0) is 23.1. The summed E-state index contributed by atoms with van der Waals surface area (Å²) < 4.78 is 39.1. The molecule has 6 nitrogen and oxygen atoms in total. The summed E-state index contributed by atoms with van der Waals surface area (Å²) in [5, 5.41) is 2.67. The Balaban J connectivity index is 1.64. The van der Waals surface area contributed by atoms with Crippen molar-refractivity contribution in [3.63, 3.8) is 0 Å². The van der Waals surface area contributed by atoms with E-state index in [4.69, 9.17) is 0 Å². The summed E-state index contributed by atoms with van der Waals surface area (Å²) in [6.45, 7) is 3.72. The number of anilines is 1. The molecule has 3 rings (SSSR count). The molecule has 1 saturated heterocycles. The zero-order valence-corrected chi connectivity index (χ0v) is 18.5. The Kier molecular flexibility index (Phi) is 8.09. The zero-order valence-electron chi connectivity index (χ0n) is 18.5. The topological polar surface area (TPSA) is 51.7 Å². The van der Waals surface area contributed by atoms with Crippen molar-refractivity contribution in [2.75, 3.05) is 45.6 Å². The van der Waals surface area contributed by atoms with Gasteiger partial charge in [0.05, 0.1) is 5.56 Å². The molecule has 1 fully saturated rings. The molecule has 0 unspecified atom stereocenters. The van der Waals surface area contributed by atoms with Crippen molar-refractivity contribution in [3.05, 3.63) is 59.9 Å². The van der Waals surface area contributed by atoms with Gasteiger partial charge in [0.25, 0.3) is 0 Å². The number of nitrogens with one attached hydrogen (secondary N) is 1. The smallest absolute Gasteiger partial charge is 0.320 e. The number of likely N-dealkylation sites (N-methyl/N-ethyl adjacent to an activating group) is 1. The molecule has 9 heteroatoms. The second-order valence-corrected chi connectivity index (χ2v) is 8.37. The molecule has 2 amide bonds. The number of carbonyl (C=O) groups excluding carboxylic acids is 1. The molecule has 1 aromatic heterocycles. The van der Waals surface area contributed by atoms with Gasteiger partial charge in [-0.3, -0.25) is 9.88 Å². The van der Waals surface area contributed by atoms with Crippen molar-refractivity contribution in [3.8, 4) is 0 Å². The number of likely N-dealkylation sites (tertiary alicyclic amines) is 1. The Labute approximate surface area is 187 Å². The van der Waals surface area contributed by atoms with Gasteiger partial charge in [-0.2, -0.15) is 13.2 Å². The van der Waals surface area contributed by atoms with Crippen LogP contribution in [0.1, 0.15) is 24.0 Å². The minimum Gasteiger partial charge on any atom is -0.320 e. The largest absolute Gasteiger partial charge is 0.416 e. The van der Waals surface area contributed by atoms with E-state index in [-0.39, 0.29) is 17.8 Å². The molecule has 2 heterocycles. The van der Waals surface area contributed by atoms with Gasteiger partial charge in [-0.05, 0) is 62.8 Å². The fourth-order valence-electron chi connectivity index (χ4n) is 3.86. The third-order valence-electron chi connectivity index (χ3n) is 5.64. The van der Waals surface area contributed by atoms with Gasteiger partial charge in [0.15, 0.2) is 0 Å². The minimum atomic E-state index is -4.45. The highest BCUT2D eigenvalue weighted by Gasteiger charge is 2.31. The van der Waals surface area contributed by atoms with Gasteiger partial charge in [0, 0.05) is 56.8 Å². The maximum atomic E-state index is 13.1. The Morgan fingerprint density at radius 2 is 1.81 bits per heavy atom. The molecule has 0 radical (unpaired) electrons. The van der Waals surface area contributed by atoms with E-state index in [0.717, 1.165) is 44.6 Å². The number of rotatable bonds is 7. The maximum Gasteiger partial charge on any atom is 0.416 e. The summed E-state index contributed by atoms with van der Waals surface area (Å²) in [6.07, 6.45) is 0.738. The first-order valence-corrected chi connectivity index (χ1v) is 10.7. The number of piperidine rings is 1. The van der Waals surface area contributed by atoms with Crippen LogP contribution >= 0.6 is 0 Å². The predicted octanol–water partition coefficient (Wildman–Crippen LogP) is 4.16. The summed E-state index contributed by atoms with van der Waals surface area (Å²) in [4.78, 5) is 23.2. The van der Waals surface area contributed by atoms with E-state index in [1.54, 1.807) is 17.3 Å². The van der Waals surface area contributed by atoms with E-state index >= 15 is 0 Å². The van der Waals surface area contributed by atoms with Gasteiger partial charge in [0.1, 0.15) is 0 Å². The molecule has 32 heavy (non-hydrogen) atoms. The van der Waals surface area contributed by atoms with Crippen LogP contribution in [0.25, 0.3) is 0 Å². The number of pyridine rings is 1. The number of urea groups is 1. The monoisotopic (exact) mass is 449 g/mol. The van der Waals surface area contributed by atoms with Crippen LogP contribution in [0, 0.1) is 0 Å². The predicted molar refractivity (Wildman–Crippen MR) is 118 cm³/mol. The quantitative estimate of drug-likeness (QED) is 0.690. The van der Waals surface area contributed by atoms with Gasteiger partial charge < -0.3 is 15.1 Å².